The van der Waals surface area contributed by atoms with Gasteiger partial charge < -0.3 is 4.57 Å². The van der Waals surface area contributed by atoms with Gasteiger partial charge in [0.25, 0.3) is 0 Å². The van der Waals surface area contributed by atoms with Gasteiger partial charge in [0.05, 0.1) is 27.9 Å². The quantitative estimate of drug-likeness (QED) is 0.176. The van der Waals surface area contributed by atoms with E-state index in [1.165, 1.54) is 47.6 Å². The predicted molar refractivity (Wildman–Crippen MR) is 235 cm³/mol. The Hall–Kier alpha value is -7.33. The summed E-state index contributed by atoms with van der Waals surface area (Å²) >= 11 is 1.79. The van der Waals surface area contributed by atoms with E-state index < -0.39 is 0 Å². The molecular weight excluding hydrogens is 715 g/mol. The number of nitrogens with zero attached hydrogens (tertiary/aromatic N) is 5. The van der Waals surface area contributed by atoms with Gasteiger partial charge in [-0.05, 0) is 61.4 Å². The molecule has 266 valence electrons. The number of benzene rings is 6. The van der Waals surface area contributed by atoms with Crippen LogP contribution in [0.5, 0.6) is 0 Å². The van der Waals surface area contributed by atoms with Gasteiger partial charge in [0.15, 0.2) is 17.5 Å². The van der Waals surface area contributed by atoms with Crippen molar-refractivity contribution in [1.82, 2.24) is 24.1 Å². The molecule has 0 atom stereocenters. The van der Waals surface area contributed by atoms with E-state index in [1.54, 1.807) is 11.3 Å². The summed E-state index contributed by atoms with van der Waals surface area (Å²) in [5, 5.41) is 6.01. The second-order valence-electron chi connectivity index (χ2n) is 14.5. The molecule has 0 saturated heterocycles. The molecule has 0 spiro atoms. The largest absolute Gasteiger partial charge is 0.310 e. The van der Waals surface area contributed by atoms with Gasteiger partial charge >= 0.3 is 0 Å². The SMILES string of the molecule is c1cccc(-n2c3ccccc3c3cccc(-n4c5c(c6cccc(-c7nc(-c8ccccc8)nc(-c8cccc9c8sc8ccccc89)n7)c64)C=CCC5)c32)c#1. The van der Waals surface area contributed by atoms with Gasteiger partial charge in [-0.15, -0.1) is 11.3 Å². The van der Waals surface area contributed by atoms with Crippen LogP contribution < -0.4 is 0 Å². The molecule has 11 aromatic rings. The molecule has 12 rings (SSSR count). The average molecular weight is 746 g/mol. The van der Waals surface area contributed by atoms with Gasteiger partial charge in [-0.25, -0.2) is 15.0 Å². The molecule has 6 heteroatoms. The Kier molecular flexibility index (Phi) is 7.07. The molecule has 5 nitrogen and oxygen atoms in total. The van der Waals surface area contributed by atoms with Crippen LogP contribution in [0.3, 0.4) is 0 Å². The van der Waals surface area contributed by atoms with Crippen LogP contribution in [0.15, 0.2) is 158 Å². The first-order valence-electron chi connectivity index (χ1n) is 19.3. The summed E-state index contributed by atoms with van der Waals surface area (Å²) < 4.78 is 7.26. The van der Waals surface area contributed by atoms with Gasteiger partial charge in [0.1, 0.15) is 0 Å². The lowest BCUT2D eigenvalue weighted by molar-refractivity contribution is 0.889. The van der Waals surface area contributed by atoms with Crippen molar-refractivity contribution in [2.75, 3.05) is 0 Å². The Labute approximate surface area is 332 Å². The molecule has 1 aliphatic rings. The first-order valence-corrected chi connectivity index (χ1v) is 20.1. The van der Waals surface area contributed by atoms with E-state index in [1.807, 2.05) is 30.3 Å². The molecule has 0 radical (unpaired) electrons. The molecule has 0 aliphatic heterocycles. The Morgan fingerprint density at radius 3 is 2.14 bits per heavy atom. The summed E-state index contributed by atoms with van der Waals surface area (Å²) in [6.45, 7) is 0. The molecule has 0 saturated carbocycles. The number of para-hydroxylation sites is 3. The number of aromatic nitrogens is 5. The van der Waals surface area contributed by atoms with Crippen molar-refractivity contribution in [2.45, 2.75) is 12.8 Å². The maximum Gasteiger partial charge on any atom is 0.166 e. The standard InChI is InChI=1S/C51H31N5S/c1-3-16-32(17-4-1)49-52-50(54-51(53-49)41-27-14-25-39-36-22-9-12-31-45(36)57-48(39)41)40-26-13-23-37-34-20-8-11-29-43(34)56(46(37)40)44-30-15-24-38-35-21-7-10-28-42(35)55(47(38)44)33-18-5-2-6-19-33/h1-5,7-10,12-18,20-28,30-31H,11,29H2. The van der Waals surface area contributed by atoms with Gasteiger partial charge in [-0.3, -0.25) is 4.57 Å². The minimum atomic E-state index is 0.640. The van der Waals surface area contributed by atoms with Gasteiger partial charge in [0.2, 0.25) is 0 Å². The van der Waals surface area contributed by atoms with Crippen LogP contribution in [0.2, 0.25) is 0 Å². The van der Waals surface area contributed by atoms with Crippen LogP contribution in [0, 0.1) is 12.1 Å². The zero-order valence-corrected chi connectivity index (χ0v) is 31.5. The van der Waals surface area contributed by atoms with E-state index in [4.69, 9.17) is 15.0 Å². The summed E-state index contributed by atoms with van der Waals surface area (Å²) in [5.41, 5.74) is 10.8. The molecule has 57 heavy (non-hydrogen) atoms. The third-order valence-electron chi connectivity index (χ3n) is 11.3. The van der Waals surface area contributed by atoms with Crippen LogP contribution in [0.1, 0.15) is 17.7 Å². The van der Waals surface area contributed by atoms with Crippen molar-refractivity contribution in [3.05, 3.63) is 181 Å². The second-order valence-corrected chi connectivity index (χ2v) is 15.5. The number of allylic oxidation sites excluding steroid dienone is 1. The summed E-state index contributed by atoms with van der Waals surface area (Å²) in [7, 11) is 0. The topological polar surface area (TPSA) is 48.5 Å². The van der Waals surface area contributed by atoms with E-state index in [0.29, 0.717) is 17.5 Å². The molecule has 1 aliphatic carbocycles. The normalized spacial score (nSPS) is 12.6. The van der Waals surface area contributed by atoms with Crippen LogP contribution in [-0.4, -0.2) is 24.1 Å². The first-order chi connectivity index (χ1) is 28.3. The third-order valence-corrected chi connectivity index (χ3v) is 12.5. The monoisotopic (exact) mass is 745 g/mol. The lowest BCUT2D eigenvalue weighted by Gasteiger charge is -2.17. The van der Waals surface area contributed by atoms with Crippen molar-refractivity contribution in [1.29, 1.82) is 0 Å². The maximum atomic E-state index is 5.41. The fourth-order valence-electron chi connectivity index (χ4n) is 8.88. The van der Waals surface area contributed by atoms with E-state index in [2.05, 4.69) is 155 Å². The number of hydrogen-bond acceptors (Lipinski definition) is 4. The minimum absolute atomic E-state index is 0.640. The number of rotatable bonds is 5. The Morgan fingerprint density at radius 2 is 1.26 bits per heavy atom. The molecule has 0 amide bonds. The summed E-state index contributed by atoms with van der Waals surface area (Å²) in [6, 6.07) is 59.9. The van der Waals surface area contributed by atoms with Crippen molar-refractivity contribution >= 4 is 70.3 Å². The zero-order valence-electron chi connectivity index (χ0n) is 30.6. The van der Waals surface area contributed by atoms with E-state index in [0.717, 1.165) is 57.5 Å². The van der Waals surface area contributed by atoms with E-state index in [9.17, 15) is 0 Å². The van der Waals surface area contributed by atoms with Gasteiger partial charge in [-0.2, -0.15) is 0 Å². The van der Waals surface area contributed by atoms with Crippen molar-refractivity contribution in [2.24, 2.45) is 0 Å². The Balaban J connectivity index is 1.18. The van der Waals surface area contributed by atoms with Crippen LogP contribution in [0.4, 0.5) is 0 Å². The Bertz CT molecular complexity index is 3410. The molecule has 4 heterocycles. The van der Waals surface area contributed by atoms with Crippen molar-refractivity contribution < 1.29 is 0 Å². The minimum Gasteiger partial charge on any atom is -0.310 e. The van der Waals surface area contributed by atoms with Crippen molar-refractivity contribution in [3.63, 3.8) is 0 Å². The molecule has 7 aromatic carbocycles. The third kappa shape index (κ3) is 4.86. The van der Waals surface area contributed by atoms with Crippen LogP contribution >= 0.6 is 11.3 Å². The highest BCUT2D eigenvalue weighted by Gasteiger charge is 2.26. The number of thiophene rings is 1. The number of fused-ring (bicyclic) bond motifs is 9. The smallest absolute Gasteiger partial charge is 0.166 e. The fourth-order valence-corrected chi connectivity index (χ4v) is 10.1. The first kappa shape index (κ1) is 32.0. The summed E-state index contributed by atoms with van der Waals surface area (Å²) in [6.07, 6.45) is 6.47. The highest BCUT2D eigenvalue weighted by Crippen LogP contribution is 2.44. The molecule has 0 N–H and O–H groups in total. The Morgan fingerprint density at radius 1 is 0.544 bits per heavy atom. The van der Waals surface area contributed by atoms with Gasteiger partial charge in [0, 0.05) is 64.3 Å². The zero-order chi connectivity index (χ0) is 37.5. The fraction of sp³-hybridized carbons (Fsp3) is 0.0392. The predicted octanol–water partition coefficient (Wildman–Crippen LogP) is 12.8. The molecule has 0 unspecified atom stereocenters. The van der Waals surface area contributed by atoms with Gasteiger partial charge in [-0.1, -0.05) is 127 Å². The molecular formula is C51H31N5S. The summed E-state index contributed by atoms with van der Waals surface area (Å²) in [5.74, 6) is 1.95. The van der Waals surface area contributed by atoms with Crippen LogP contribution in [-0.2, 0) is 6.42 Å². The molecule has 4 aromatic heterocycles. The second kappa shape index (κ2) is 12.6. The average Bonchev–Trinajstić information content (AvgIpc) is 3.95. The maximum absolute atomic E-state index is 5.41. The van der Waals surface area contributed by atoms with E-state index in [-0.39, 0.29) is 0 Å². The number of hydrogen-bond donors (Lipinski definition) is 0. The highest BCUT2D eigenvalue weighted by atomic mass is 32.1. The lowest BCUT2D eigenvalue weighted by Crippen LogP contribution is -2.07. The van der Waals surface area contributed by atoms with E-state index >= 15 is 0 Å². The molecule has 0 fully saturated rings. The summed E-state index contributed by atoms with van der Waals surface area (Å²) in [4.78, 5) is 15.9. The van der Waals surface area contributed by atoms with Crippen LogP contribution in [0.25, 0.3) is 104 Å². The molecule has 0 bridgehead atoms. The lowest BCUT2D eigenvalue weighted by atomic mass is 10.0. The highest BCUT2D eigenvalue weighted by molar-refractivity contribution is 7.26. The van der Waals surface area contributed by atoms with Crippen molar-refractivity contribution in [3.8, 4) is 45.5 Å².